The van der Waals surface area contributed by atoms with Gasteiger partial charge in [-0.2, -0.15) is 0 Å². The normalized spacial score (nSPS) is 10.7. The van der Waals surface area contributed by atoms with Crippen LogP contribution < -0.4 is 5.56 Å². The highest BCUT2D eigenvalue weighted by molar-refractivity contribution is 9.08. The summed E-state index contributed by atoms with van der Waals surface area (Å²) in [5.74, 6) is -0.698. The maximum atomic E-state index is 13.0. The molecule has 0 fully saturated rings. The van der Waals surface area contributed by atoms with Gasteiger partial charge in [0.15, 0.2) is 0 Å². The molecule has 0 bridgehead atoms. The van der Waals surface area contributed by atoms with Gasteiger partial charge in [-0.25, -0.2) is 8.78 Å². The molecule has 4 nitrogen and oxygen atoms in total. The third-order valence-corrected chi connectivity index (χ3v) is 2.92. The summed E-state index contributed by atoms with van der Waals surface area (Å²) in [5, 5.41) is 0.166. The summed E-state index contributed by atoms with van der Waals surface area (Å²) in [6.45, 7) is 1.74. The smallest absolute Gasteiger partial charge is 0.310 e. The second-order valence-electron chi connectivity index (χ2n) is 3.45. The Kier molecular flexibility index (Phi) is 5.46. The molecule has 0 unspecified atom stereocenters. The third kappa shape index (κ3) is 3.38. The van der Waals surface area contributed by atoms with E-state index in [1.54, 1.807) is 6.92 Å². The fourth-order valence-electron chi connectivity index (χ4n) is 1.55. The predicted molar refractivity (Wildman–Crippen MR) is 65.0 cm³/mol. The van der Waals surface area contributed by atoms with E-state index < -0.39 is 29.9 Å². The van der Waals surface area contributed by atoms with E-state index in [-0.39, 0.29) is 23.1 Å². The predicted octanol–water partition coefficient (Wildman–Crippen LogP) is 2.31. The first-order chi connectivity index (χ1) is 8.51. The molecule has 0 aliphatic heterocycles. The van der Waals surface area contributed by atoms with Crippen LogP contribution in [-0.2, 0) is 21.3 Å². The van der Waals surface area contributed by atoms with Crippen LogP contribution in [0.1, 0.15) is 30.0 Å². The number of carbonyl (C=O) groups excluding carboxylic acids is 1. The number of alkyl halides is 3. The van der Waals surface area contributed by atoms with Crippen molar-refractivity contribution in [3.63, 3.8) is 0 Å². The zero-order valence-electron chi connectivity index (χ0n) is 9.63. The van der Waals surface area contributed by atoms with Gasteiger partial charge in [0.1, 0.15) is 0 Å². The minimum Gasteiger partial charge on any atom is -0.466 e. The first kappa shape index (κ1) is 14.8. The average molecular weight is 324 g/mol. The summed E-state index contributed by atoms with van der Waals surface area (Å²) in [6, 6.07) is 0. The van der Waals surface area contributed by atoms with Crippen molar-refractivity contribution in [2.24, 2.45) is 0 Å². The van der Waals surface area contributed by atoms with Gasteiger partial charge >= 0.3 is 5.97 Å². The van der Waals surface area contributed by atoms with Gasteiger partial charge in [0.25, 0.3) is 12.0 Å². The van der Waals surface area contributed by atoms with Crippen LogP contribution >= 0.6 is 15.9 Å². The first-order valence-corrected chi connectivity index (χ1v) is 6.36. The van der Waals surface area contributed by atoms with Crippen LogP contribution in [0.15, 0.2) is 11.0 Å². The summed E-state index contributed by atoms with van der Waals surface area (Å²) in [4.78, 5) is 25.2. The summed E-state index contributed by atoms with van der Waals surface area (Å²) < 4.78 is 30.6. The highest BCUT2D eigenvalue weighted by Gasteiger charge is 2.22. The van der Waals surface area contributed by atoms with Crippen molar-refractivity contribution in [1.29, 1.82) is 0 Å². The number of H-pyrrole nitrogens is 1. The van der Waals surface area contributed by atoms with Gasteiger partial charge < -0.3 is 9.72 Å². The van der Waals surface area contributed by atoms with Crippen molar-refractivity contribution in [2.75, 3.05) is 6.61 Å². The number of hydrogen-bond acceptors (Lipinski definition) is 3. The van der Waals surface area contributed by atoms with Crippen LogP contribution in [0.4, 0.5) is 8.78 Å². The maximum absolute atomic E-state index is 13.0. The molecule has 0 aliphatic carbocycles. The van der Waals surface area contributed by atoms with Crippen molar-refractivity contribution in [2.45, 2.75) is 25.1 Å². The Morgan fingerprint density at radius 1 is 1.56 bits per heavy atom. The van der Waals surface area contributed by atoms with Crippen LogP contribution in [0, 0.1) is 0 Å². The number of ether oxygens (including phenoxy) is 1. The van der Waals surface area contributed by atoms with Gasteiger partial charge in [-0.3, -0.25) is 9.59 Å². The van der Waals surface area contributed by atoms with Gasteiger partial charge in [0, 0.05) is 22.7 Å². The lowest BCUT2D eigenvalue weighted by Gasteiger charge is -2.11. The quantitative estimate of drug-likeness (QED) is 0.668. The summed E-state index contributed by atoms with van der Waals surface area (Å²) in [5.41, 5.74) is -1.07. The van der Waals surface area contributed by atoms with E-state index in [2.05, 4.69) is 25.7 Å². The molecule has 1 rings (SSSR count). The fourth-order valence-corrected chi connectivity index (χ4v) is 2.01. The Balaban J connectivity index is 3.23. The highest BCUT2D eigenvalue weighted by atomic mass is 79.9. The molecule has 7 heteroatoms. The SMILES string of the molecule is CCOC(=O)Cc1c(C(F)F)c(CBr)c[nH]c1=O. The Labute approximate surface area is 110 Å². The molecule has 1 N–H and O–H groups in total. The van der Waals surface area contributed by atoms with E-state index in [1.807, 2.05) is 0 Å². The molecule has 0 saturated carbocycles. The molecule has 0 spiro atoms. The first-order valence-electron chi connectivity index (χ1n) is 5.24. The lowest BCUT2D eigenvalue weighted by atomic mass is 10.0. The number of carbonyl (C=O) groups is 1. The number of aromatic amines is 1. The molecule has 1 aromatic rings. The fraction of sp³-hybridized carbons (Fsp3) is 0.455. The number of esters is 1. The second-order valence-corrected chi connectivity index (χ2v) is 4.01. The summed E-state index contributed by atoms with van der Waals surface area (Å²) in [6.07, 6.45) is -2.05. The van der Waals surface area contributed by atoms with Gasteiger partial charge in [-0.15, -0.1) is 0 Å². The largest absolute Gasteiger partial charge is 0.466 e. The zero-order chi connectivity index (χ0) is 13.7. The number of nitrogens with one attached hydrogen (secondary N) is 1. The zero-order valence-corrected chi connectivity index (χ0v) is 11.2. The molecule has 100 valence electrons. The topological polar surface area (TPSA) is 59.2 Å². The Bertz CT molecular complexity index is 488. The molecule has 0 atom stereocenters. The lowest BCUT2D eigenvalue weighted by molar-refractivity contribution is -0.142. The number of rotatable bonds is 5. The van der Waals surface area contributed by atoms with Gasteiger partial charge in [-0.05, 0) is 12.5 Å². The van der Waals surface area contributed by atoms with Gasteiger partial charge in [-0.1, -0.05) is 15.9 Å². The number of halogens is 3. The average Bonchev–Trinajstić information content (AvgIpc) is 2.31. The maximum Gasteiger partial charge on any atom is 0.310 e. The number of hydrogen-bond donors (Lipinski definition) is 1. The molecular weight excluding hydrogens is 312 g/mol. The second kappa shape index (κ2) is 6.63. The van der Waals surface area contributed by atoms with E-state index >= 15 is 0 Å². The molecule has 0 amide bonds. The van der Waals surface area contributed by atoms with E-state index in [1.165, 1.54) is 6.20 Å². The third-order valence-electron chi connectivity index (χ3n) is 2.31. The number of pyridine rings is 1. The summed E-state index contributed by atoms with van der Waals surface area (Å²) >= 11 is 3.06. The van der Waals surface area contributed by atoms with Crippen molar-refractivity contribution >= 4 is 21.9 Å². The monoisotopic (exact) mass is 323 g/mol. The van der Waals surface area contributed by atoms with E-state index in [0.29, 0.717) is 0 Å². The standard InChI is InChI=1S/C11H12BrF2NO3/c1-2-18-8(16)3-7-9(10(13)14)6(4-12)5-15-11(7)17/h5,10H,2-4H2,1H3,(H,15,17). The molecule has 18 heavy (non-hydrogen) atoms. The van der Waals surface area contributed by atoms with Crippen molar-refractivity contribution < 1.29 is 18.3 Å². The molecule has 0 saturated heterocycles. The molecular formula is C11H12BrF2NO3. The lowest BCUT2D eigenvalue weighted by Crippen LogP contribution is -2.22. The van der Waals surface area contributed by atoms with Crippen LogP contribution in [0.25, 0.3) is 0 Å². The molecule has 0 aromatic carbocycles. The molecule has 1 heterocycles. The van der Waals surface area contributed by atoms with Crippen LogP contribution in [-0.4, -0.2) is 17.6 Å². The van der Waals surface area contributed by atoms with E-state index in [4.69, 9.17) is 0 Å². The van der Waals surface area contributed by atoms with Crippen LogP contribution in [0.2, 0.25) is 0 Å². The Morgan fingerprint density at radius 2 is 2.22 bits per heavy atom. The minimum absolute atomic E-state index is 0.138. The Hall–Kier alpha value is -1.24. The Morgan fingerprint density at radius 3 is 2.72 bits per heavy atom. The highest BCUT2D eigenvalue weighted by Crippen LogP contribution is 2.26. The summed E-state index contributed by atoms with van der Waals surface area (Å²) in [7, 11) is 0. The van der Waals surface area contributed by atoms with Crippen LogP contribution in [0.5, 0.6) is 0 Å². The van der Waals surface area contributed by atoms with Gasteiger partial charge in [0.2, 0.25) is 0 Å². The van der Waals surface area contributed by atoms with Crippen molar-refractivity contribution in [3.8, 4) is 0 Å². The van der Waals surface area contributed by atoms with E-state index in [9.17, 15) is 18.4 Å². The number of aromatic nitrogens is 1. The van der Waals surface area contributed by atoms with Crippen LogP contribution in [0.3, 0.4) is 0 Å². The molecule has 0 radical (unpaired) electrons. The van der Waals surface area contributed by atoms with Crippen molar-refractivity contribution in [1.82, 2.24) is 4.98 Å². The molecule has 1 aromatic heterocycles. The van der Waals surface area contributed by atoms with Crippen molar-refractivity contribution in [3.05, 3.63) is 33.2 Å². The molecule has 0 aliphatic rings. The van der Waals surface area contributed by atoms with Gasteiger partial charge in [0.05, 0.1) is 13.0 Å². The minimum atomic E-state index is -2.82. The van der Waals surface area contributed by atoms with E-state index in [0.717, 1.165) is 0 Å².